The molecule has 3 rings (SSSR count). The van der Waals surface area contributed by atoms with Crippen molar-refractivity contribution in [3.63, 3.8) is 0 Å². The van der Waals surface area contributed by atoms with Crippen LogP contribution in [0.4, 0.5) is 0 Å². The molecule has 184 valence electrons. The Morgan fingerprint density at radius 2 is 1.57 bits per heavy atom. The first-order chi connectivity index (χ1) is 17.0. The van der Waals surface area contributed by atoms with E-state index in [0.717, 1.165) is 53.0 Å². The molecule has 3 heteroatoms. The monoisotopic (exact) mass is 470 g/mol. The molecular weight excluding hydrogens is 432 g/mol. The number of ether oxygens (including phenoxy) is 2. The van der Waals surface area contributed by atoms with Crippen LogP contribution in [0.5, 0.6) is 5.75 Å². The minimum absolute atomic E-state index is 0.274. The minimum atomic E-state index is -0.274. The number of rotatable bonds is 13. The van der Waals surface area contributed by atoms with E-state index in [4.69, 9.17) is 9.47 Å². The zero-order chi connectivity index (χ0) is 25.0. The topological polar surface area (TPSA) is 35.5 Å². The number of hydrogen-bond acceptors (Lipinski definition) is 3. The molecule has 0 bridgehead atoms. The summed E-state index contributed by atoms with van der Waals surface area (Å²) >= 11 is 0. The van der Waals surface area contributed by atoms with Gasteiger partial charge in [0.05, 0.1) is 18.8 Å². The quantitative estimate of drug-likeness (QED) is 0.185. The summed E-state index contributed by atoms with van der Waals surface area (Å²) < 4.78 is 11.3. The highest BCUT2D eigenvalue weighted by Gasteiger charge is 2.11. The largest absolute Gasteiger partial charge is 0.494 e. The first-order valence-corrected chi connectivity index (χ1v) is 12.8. The van der Waals surface area contributed by atoms with E-state index >= 15 is 0 Å². The Hall–Kier alpha value is -3.33. The van der Waals surface area contributed by atoms with Crippen LogP contribution in [-0.4, -0.2) is 19.2 Å². The van der Waals surface area contributed by atoms with Crippen molar-refractivity contribution in [2.75, 3.05) is 13.2 Å². The summed E-state index contributed by atoms with van der Waals surface area (Å²) in [7, 11) is 0. The molecule has 3 aromatic rings. The maximum atomic E-state index is 12.3. The Kier molecular flexibility index (Phi) is 10.2. The summed E-state index contributed by atoms with van der Waals surface area (Å²) in [5.74, 6) is 1.00. The van der Waals surface area contributed by atoms with Crippen molar-refractivity contribution in [1.82, 2.24) is 0 Å². The molecule has 0 spiro atoms. The molecule has 0 aromatic heterocycles. The highest BCUT2D eigenvalue weighted by atomic mass is 16.5. The number of hydrogen-bond donors (Lipinski definition) is 0. The molecule has 0 unspecified atom stereocenters. The van der Waals surface area contributed by atoms with Gasteiger partial charge >= 0.3 is 5.97 Å². The molecule has 35 heavy (non-hydrogen) atoms. The highest BCUT2D eigenvalue weighted by molar-refractivity contribution is 5.90. The number of carbonyl (C=O) groups is 1. The van der Waals surface area contributed by atoms with Crippen LogP contribution < -0.4 is 4.74 Å². The van der Waals surface area contributed by atoms with Crippen LogP contribution in [0.25, 0.3) is 28.3 Å². The molecule has 0 aliphatic carbocycles. The van der Waals surface area contributed by atoms with Gasteiger partial charge in [0.25, 0.3) is 0 Å². The van der Waals surface area contributed by atoms with Crippen LogP contribution in [0.2, 0.25) is 0 Å². The van der Waals surface area contributed by atoms with Gasteiger partial charge < -0.3 is 9.47 Å². The molecule has 0 heterocycles. The van der Waals surface area contributed by atoms with Crippen molar-refractivity contribution in [1.29, 1.82) is 0 Å². The van der Waals surface area contributed by atoms with Gasteiger partial charge in [-0.1, -0.05) is 95.5 Å². The lowest BCUT2D eigenvalue weighted by molar-refractivity contribution is 0.0447. The van der Waals surface area contributed by atoms with E-state index in [1.165, 1.54) is 19.3 Å². The lowest BCUT2D eigenvalue weighted by Crippen LogP contribution is -2.11. The number of esters is 1. The number of unbranched alkanes of at least 4 members (excludes halogenated alkanes) is 3. The zero-order valence-corrected chi connectivity index (χ0v) is 21.4. The van der Waals surface area contributed by atoms with Gasteiger partial charge in [-0.25, -0.2) is 4.79 Å². The fourth-order valence-corrected chi connectivity index (χ4v) is 3.84. The molecule has 0 saturated carbocycles. The predicted octanol–water partition coefficient (Wildman–Crippen LogP) is 8.83. The summed E-state index contributed by atoms with van der Waals surface area (Å²) in [6.45, 7) is 11.6. The van der Waals surface area contributed by atoms with Gasteiger partial charge in [-0.05, 0) is 70.5 Å². The molecule has 0 aliphatic heterocycles. The summed E-state index contributed by atoms with van der Waals surface area (Å²) in [5.41, 5.74) is 6.00. The van der Waals surface area contributed by atoms with Gasteiger partial charge in [-0.2, -0.15) is 0 Å². The van der Waals surface area contributed by atoms with Gasteiger partial charge in [0.15, 0.2) is 0 Å². The van der Waals surface area contributed by atoms with Gasteiger partial charge in [0, 0.05) is 0 Å². The maximum Gasteiger partial charge on any atom is 0.338 e. The second kappa shape index (κ2) is 13.5. The molecule has 0 amide bonds. The first-order valence-electron chi connectivity index (χ1n) is 12.8. The lowest BCUT2D eigenvalue weighted by atomic mass is 9.94. The number of benzene rings is 3. The Morgan fingerprint density at radius 3 is 2.23 bits per heavy atom. The second-order valence-electron chi connectivity index (χ2n) is 9.13. The maximum absolute atomic E-state index is 12.3. The molecule has 3 aromatic carbocycles. The van der Waals surface area contributed by atoms with E-state index in [1.54, 1.807) is 0 Å². The third-order valence-corrected chi connectivity index (χ3v) is 6.35. The zero-order valence-electron chi connectivity index (χ0n) is 21.4. The van der Waals surface area contributed by atoms with Crippen LogP contribution in [0, 0.1) is 5.92 Å². The molecule has 0 radical (unpaired) electrons. The van der Waals surface area contributed by atoms with Crippen LogP contribution >= 0.6 is 0 Å². The highest BCUT2D eigenvalue weighted by Crippen LogP contribution is 2.31. The van der Waals surface area contributed by atoms with Crippen LogP contribution in [-0.2, 0) is 4.74 Å². The van der Waals surface area contributed by atoms with Crippen molar-refractivity contribution in [2.24, 2.45) is 5.92 Å². The summed E-state index contributed by atoms with van der Waals surface area (Å²) in [6, 6.07) is 22.3. The van der Waals surface area contributed by atoms with Crippen LogP contribution in [0.3, 0.4) is 0 Å². The molecule has 0 fully saturated rings. The molecule has 0 saturated heterocycles. The Bertz CT molecular complexity index is 1080. The average molecular weight is 471 g/mol. The van der Waals surface area contributed by atoms with Crippen molar-refractivity contribution < 1.29 is 14.3 Å². The fourth-order valence-electron chi connectivity index (χ4n) is 3.84. The van der Waals surface area contributed by atoms with Crippen LogP contribution in [0.15, 0.2) is 73.3 Å². The van der Waals surface area contributed by atoms with Crippen LogP contribution in [0.1, 0.15) is 68.8 Å². The SMILES string of the molecule is C=Cc1cc(-c2ccc(OCCCCCC)cc2)ccc1-c1ccc(C(=O)OC[C@@H](C)CC)cc1. The predicted molar refractivity (Wildman–Crippen MR) is 147 cm³/mol. The Morgan fingerprint density at radius 1 is 0.886 bits per heavy atom. The molecule has 0 aliphatic rings. The third-order valence-electron chi connectivity index (χ3n) is 6.35. The van der Waals surface area contributed by atoms with Gasteiger partial charge in [-0.3, -0.25) is 0 Å². The second-order valence-corrected chi connectivity index (χ2v) is 9.13. The van der Waals surface area contributed by atoms with E-state index in [9.17, 15) is 4.79 Å². The summed E-state index contributed by atoms with van der Waals surface area (Å²) in [5, 5.41) is 0. The first kappa shape index (κ1) is 26.3. The van der Waals surface area contributed by atoms with Gasteiger partial charge in [-0.15, -0.1) is 0 Å². The molecular formula is C32H38O3. The molecule has 3 nitrogen and oxygen atoms in total. The average Bonchev–Trinajstić information content (AvgIpc) is 2.91. The van der Waals surface area contributed by atoms with Crippen molar-refractivity contribution in [2.45, 2.75) is 52.9 Å². The van der Waals surface area contributed by atoms with E-state index in [-0.39, 0.29) is 5.97 Å². The van der Waals surface area contributed by atoms with E-state index in [0.29, 0.717) is 18.1 Å². The van der Waals surface area contributed by atoms with Crippen molar-refractivity contribution in [3.05, 3.63) is 84.4 Å². The van der Waals surface area contributed by atoms with Crippen molar-refractivity contribution >= 4 is 12.0 Å². The Labute approximate surface area is 210 Å². The minimum Gasteiger partial charge on any atom is -0.494 e. The fraction of sp³-hybridized carbons (Fsp3) is 0.344. The van der Waals surface area contributed by atoms with Gasteiger partial charge in [0.1, 0.15) is 5.75 Å². The summed E-state index contributed by atoms with van der Waals surface area (Å²) in [4.78, 5) is 12.3. The molecule has 1 atom stereocenters. The van der Waals surface area contributed by atoms with Crippen molar-refractivity contribution in [3.8, 4) is 28.0 Å². The van der Waals surface area contributed by atoms with E-state index in [2.05, 4.69) is 57.7 Å². The third kappa shape index (κ3) is 7.58. The smallest absolute Gasteiger partial charge is 0.338 e. The van der Waals surface area contributed by atoms with E-state index in [1.807, 2.05) is 42.5 Å². The van der Waals surface area contributed by atoms with Gasteiger partial charge in [0.2, 0.25) is 0 Å². The summed E-state index contributed by atoms with van der Waals surface area (Å²) in [6.07, 6.45) is 7.68. The molecule has 0 N–H and O–H groups in total. The van der Waals surface area contributed by atoms with E-state index < -0.39 is 0 Å². The number of carbonyl (C=O) groups excluding carboxylic acids is 1. The lowest BCUT2D eigenvalue weighted by Gasteiger charge is -2.12. The normalized spacial score (nSPS) is 11.6. The Balaban J connectivity index is 1.68. The standard InChI is InChI=1S/C32H38O3/c1-5-8-9-10-21-34-30-18-15-26(16-19-30)29-17-20-31(25(7-3)22-29)27-11-13-28(14-12-27)32(33)35-23-24(4)6-2/h7,11-20,22,24H,3,5-6,8-10,21,23H2,1-2,4H3/t24-/m0/s1.